The zero-order chi connectivity index (χ0) is 11.5. The van der Waals surface area contributed by atoms with Crippen LogP contribution in [-0.4, -0.2) is 12.4 Å². The minimum absolute atomic E-state index is 0.136. The highest BCUT2D eigenvalue weighted by Gasteiger charge is 2.18. The quantitative estimate of drug-likeness (QED) is 0.741. The number of rotatable bonds is 2. The van der Waals surface area contributed by atoms with E-state index in [2.05, 4.69) is 0 Å². The van der Waals surface area contributed by atoms with Gasteiger partial charge in [0.1, 0.15) is 5.82 Å². The fraction of sp³-hybridized carbons (Fsp3) is 0.250. The molecular formula is C12H10ClFO2. The monoisotopic (exact) mass is 240 g/mol. The normalized spacial score (nSPS) is 15.2. The molecule has 0 aromatic heterocycles. The first-order valence-electron chi connectivity index (χ1n) is 4.99. The van der Waals surface area contributed by atoms with Crippen molar-refractivity contribution in [2.24, 2.45) is 0 Å². The third-order valence-corrected chi connectivity index (χ3v) is 2.71. The first kappa shape index (κ1) is 11.1. The Hall–Kier alpha value is -1.35. The molecule has 0 bridgehead atoms. The molecule has 0 unspecified atom stereocenters. The summed E-state index contributed by atoms with van der Waals surface area (Å²) in [5, 5.41) is 0.136. The zero-order valence-electron chi connectivity index (χ0n) is 8.50. The number of carbonyl (C=O) groups excluding carboxylic acids is 1. The molecule has 2 nitrogen and oxygen atoms in total. The van der Waals surface area contributed by atoms with E-state index in [-0.39, 0.29) is 10.8 Å². The van der Waals surface area contributed by atoms with E-state index in [1.807, 2.05) is 0 Å². The molecule has 0 amide bonds. The maximum atomic E-state index is 12.8. The summed E-state index contributed by atoms with van der Waals surface area (Å²) < 4.78 is 17.9. The number of benzene rings is 1. The summed E-state index contributed by atoms with van der Waals surface area (Å²) in [5.74, 6) is -0.639. The lowest BCUT2D eigenvalue weighted by atomic mass is 10.00. The topological polar surface area (TPSA) is 26.3 Å². The Labute approximate surface area is 97.7 Å². The highest BCUT2D eigenvalue weighted by atomic mass is 35.5. The van der Waals surface area contributed by atoms with Gasteiger partial charge in [-0.1, -0.05) is 11.6 Å². The van der Waals surface area contributed by atoms with Gasteiger partial charge in [0.25, 0.3) is 0 Å². The number of halogens is 2. The molecule has 0 saturated heterocycles. The molecule has 2 rings (SSSR count). The third-order valence-electron chi connectivity index (χ3n) is 2.40. The zero-order valence-corrected chi connectivity index (χ0v) is 9.26. The van der Waals surface area contributed by atoms with Gasteiger partial charge in [0, 0.05) is 11.1 Å². The van der Waals surface area contributed by atoms with Crippen LogP contribution in [0, 0.1) is 5.82 Å². The van der Waals surface area contributed by atoms with Gasteiger partial charge in [-0.15, -0.1) is 0 Å². The predicted octanol–water partition coefficient (Wildman–Crippen LogP) is 3.36. The van der Waals surface area contributed by atoms with Crippen LogP contribution in [0.3, 0.4) is 0 Å². The van der Waals surface area contributed by atoms with E-state index >= 15 is 0 Å². The molecule has 4 heteroatoms. The van der Waals surface area contributed by atoms with Crippen molar-refractivity contribution in [2.45, 2.75) is 12.8 Å². The van der Waals surface area contributed by atoms with Crippen molar-refractivity contribution >= 4 is 17.4 Å². The molecule has 0 atom stereocenters. The van der Waals surface area contributed by atoms with E-state index in [0.29, 0.717) is 24.2 Å². The van der Waals surface area contributed by atoms with Crippen LogP contribution in [0.5, 0.6) is 0 Å². The van der Waals surface area contributed by atoms with Crippen molar-refractivity contribution < 1.29 is 13.9 Å². The summed E-state index contributed by atoms with van der Waals surface area (Å²) in [6, 6.07) is 3.76. The van der Waals surface area contributed by atoms with Gasteiger partial charge in [-0.2, -0.15) is 0 Å². The highest BCUT2D eigenvalue weighted by Crippen LogP contribution is 2.23. The second-order valence-electron chi connectivity index (χ2n) is 3.57. The number of ketones is 1. The average Bonchev–Trinajstić information content (AvgIpc) is 2.29. The molecule has 1 aliphatic rings. The van der Waals surface area contributed by atoms with E-state index < -0.39 is 5.82 Å². The molecule has 1 aromatic carbocycles. The molecule has 0 aliphatic carbocycles. The molecule has 0 spiro atoms. The Morgan fingerprint density at radius 2 is 2.25 bits per heavy atom. The van der Waals surface area contributed by atoms with Gasteiger partial charge >= 0.3 is 0 Å². The van der Waals surface area contributed by atoms with E-state index in [9.17, 15) is 9.18 Å². The number of hydrogen-bond donors (Lipinski definition) is 0. The summed E-state index contributed by atoms with van der Waals surface area (Å²) >= 11 is 5.81. The lowest BCUT2D eigenvalue weighted by Crippen LogP contribution is -2.09. The van der Waals surface area contributed by atoms with Gasteiger partial charge in [0.15, 0.2) is 5.78 Å². The Kier molecular flexibility index (Phi) is 3.25. The summed E-state index contributed by atoms with van der Waals surface area (Å²) in [7, 11) is 0. The van der Waals surface area contributed by atoms with E-state index in [1.54, 1.807) is 0 Å². The van der Waals surface area contributed by atoms with Gasteiger partial charge in [-0.25, -0.2) is 4.39 Å². The minimum atomic E-state index is -0.449. The molecule has 16 heavy (non-hydrogen) atoms. The molecule has 0 fully saturated rings. The maximum absolute atomic E-state index is 12.8. The minimum Gasteiger partial charge on any atom is -0.501 e. The molecule has 84 valence electrons. The number of hydrogen-bond acceptors (Lipinski definition) is 2. The number of ether oxygens (including phenoxy) is 1. The van der Waals surface area contributed by atoms with Gasteiger partial charge in [0.05, 0.1) is 17.9 Å². The van der Waals surface area contributed by atoms with Crippen molar-refractivity contribution in [1.29, 1.82) is 0 Å². The first-order chi connectivity index (χ1) is 7.68. The van der Waals surface area contributed by atoms with Crippen LogP contribution in [0.2, 0.25) is 5.02 Å². The molecule has 0 N–H and O–H groups in total. The SMILES string of the molecule is O=C(C1=COCCC1)c1ccc(F)cc1Cl. The van der Waals surface area contributed by atoms with Gasteiger partial charge in [-0.05, 0) is 31.0 Å². The smallest absolute Gasteiger partial charge is 0.193 e. The van der Waals surface area contributed by atoms with Crippen molar-refractivity contribution in [3.8, 4) is 0 Å². The van der Waals surface area contributed by atoms with Crippen LogP contribution >= 0.6 is 11.6 Å². The van der Waals surface area contributed by atoms with Crippen LogP contribution in [0.15, 0.2) is 30.0 Å². The lowest BCUT2D eigenvalue weighted by Gasteiger charge is -2.13. The van der Waals surface area contributed by atoms with E-state index in [0.717, 1.165) is 12.5 Å². The summed E-state index contributed by atoms with van der Waals surface area (Å²) in [6.07, 6.45) is 2.95. The third kappa shape index (κ3) is 2.25. The summed E-state index contributed by atoms with van der Waals surface area (Å²) in [6.45, 7) is 0.633. The largest absolute Gasteiger partial charge is 0.501 e. The molecule has 0 radical (unpaired) electrons. The van der Waals surface area contributed by atoms with Gasteiger partial charge in [0.2, 0.25) is 0 Å². The predicted molar refractivity (Wildman–Crippen MR) is 59.0 cm³/mol. The van der Waals surface area contributed by atoms with Crippen LogP contribution in [0.1, 0.15) is 23.2 Å². The number of allylic oxidation sites excluding steroid dienone is 1. The Balaban J connectivity index is 2.30. The lowest BCUT2D eigenvalue weighted by molar-refractivity contribution is 0.101. The number of Topliss-reactive ketones (excluding diaryl/α,β-unsaturated/α-hetero) is 1. The van der Waals surface area contributed by atoms with Crippen molar-refractivity contribution in [1.82, 2.24) is 0 Å². The molecule has 1 heterocycles. The van der Waals surface area contributed by atoms with E-state index in [4.69, 9.17) is 16.3 Å². The molecular weight excluding hydrogens is 231 g/mol. The maximum Gasteiger partial charge on any atom is 0.193 e. The van der Waals surface area contributed by atoms with Crippen molar-refractivity contribution in [2.75, 3.05) is 6.61 Å². The van der Waals surface area contributed by atoms with Crippen molar-refractivity contribution in [3.63, 3.8) is 0 Å². The van der Waals surface area contributed by atoms with Gasteiger partial charge in [-0.3, -0.25) is 4.79 Å². The van der Waals surface area contributed by atoms with E-state index in [1.165, 1.54) is 18.4 Å². The molecule has 1 aromatic rings. The Morgan fingerprint density at radius 3 is 2.88 bits per heavy atom. The van der Waals surface area contributed by atoms with Crippen LogP contribution in [0.25, 0.3) is 0 Å². The molecule has 0 saturated carbocycles. The number of carbonyl (C=O) groups is 1. The standard InChI is InChI=1S/C12H10ClFO2/c13-11-6-9(14)3-4-10(11)12(15)8-2-1-5-16-7-8/h3-4,6-7H,1-2,5H2. The Bertz CT molecular complexity index is 454. The fourth-order valence-corrected chi connectivity index (χ4v) is 1.83. The summed E-state index contributed by atoms with van der Waals surface area (Å²) in [4.78, 5) is 12.0. The second-order valence-corrected chi connectivity index (χ2v) is 3.98. The first-order valence-corrected chi connectivity index (χ1v) is 5.36. The Morgan fingerprint density at radius 1 is 1.44 bits per heavy atom. The van der Waals surface area contributed by atoms with Crippen LogP contribution in [0.4, 0.5) is 4.39 Å². The van der Waals surface area contributed by atoms with Gasteiger partial charge < -0.3 is 4.74 Å². The van der Waals surface area contributed by atoms with Crippen LogP contribution < -0.4 is 0 Å². The van der Waals surface area contributed by atoms with Crippen LogP contribution in [-0.2, 0) is 4.74 Å². The fourth-order valence-electron chi connectivity index (χ4n) is 1.58. The highest BCUT2D eigenvalue weighted by molar-refractivity contribution is 6.34. The molecule has 1 aliphatic heterocycles. The average molecular weight is 241 g/mol. The second kappa shape index (κ2) is 4.66. The summed E-state index contributed by atoms with van der Waals surface area (Å²) in [5.41, 5.74) is 0.902. The van der Waals surface area contributed by atoms with Crippen molar-refractivity contribution in [3.05, 3.63) is 46.4 Å².